The highest BCUT2D eigenvalue weighted by Crippen LogP contribution is 2.44. The highest BCUT2D eigenvalue weighted by molar-refractivity contribution is 9.12. The average molecular weight is 1050 g/mol. The van der Waals surface area contributed by atoms with Crippen molar-refractivity contribution in [1.82, 2.24) is 0 Å². The first-order valence-electron chi connectivity index (χ1n) is 15.2. The Morgan fingerprint density at radius 2 is 1.05 bits per heavy atom. The van der Waals surface area contributed by atoms with Gasteiger partial charge in [0, 0.05) is 22.7 Å². The molecule has 0 aliphatic rings. The Kier molecular flexibility index (Phi) is 20.8. The highest BCUT2D eigenvalue weighted by atomic mass is 79.9. The summed E-state index contributed by atoms with van der Waals surface area (Å²) >= 11 is 25.7. The Morgan fingerprint density at radius 1 is 0.628 bits per heavy atom. The number of halogens is 7. The van der Waals surface area contributed by atoms with Gasteiger partial charge in [0.15, 0.2) is 0 Å². The van der Waals surface area contributed by atoms with Crippen molar-refractivity contribution < 1.29 is 14.2 Å². The second-order valence-electron chi connectivity index (χ2n) is 11.4. The second kappa shape index (κ2) is 22.1. The Morgan fingerprint density at radius 3 is 1.47 bits per heavy atom. The third kappa shape index (κ3) is 14.2. The monoisotopic (exact) mass is 1040 g/mol. The second-order valence-corrected chi connectivity index (χ2v) is 17.4. The summed E-state index contributed by atoms with van der Waals surface area (Å²) in [4.78, 5) is 0.235. The van der Waals surface area contributed by atoms with E-state index in [0.29, 0.717) is 13.2 Å². The molecule has 2 aromatic carbocycles. The van der Waals surface area contributed by atoms with Crippen LogP contribution in [0.3, 0.4) is 0 Å². The van der Waals surface area contributed by atoms with Gasteiger partial charge in [-0.05, 0) is 106 Å². The molecule has 0 aliphatic carbocycles. The first-order chi connectivity index (χ1) is 20.5. The van der Waals surface area contributed by atoms with E-state index in [9.17, 15) is 0 Å². The summed E-state index contributed by atoms with van der Waals surface area (Å²) in [6.07, 6.45) is 13.2. The number of rotatable bonds is 22. The molecule has 0 saturated heterocycles. The van der Waals surface area contributed by atoms with E-state index >= 15 is 0 Å². The van der Waals surface area contributed by atoms with Crippen molar-refractivity contribution in [2.75, 3.05) is 30.5 Å². The van der Waals surface area contributed by atoms with Crippen LogP contribution in [0.1, 0.15) is 96.1 Å². The average Bonchev–Trinajstić information content (AvgIpc) is 2.97. The summed E-state index contributed by atoms with van der Waals surface area (Å²) in [5.41, 5.74) is 2.03. The van der Waals surface area contributed by atoms with Crippen LogP contribution in [-0.4, -0.2) is 41.4 Å². The van der Waals surface area contributed by atoms with Crippen LogP contribution >= 0.6 is 112 Å². The van der Waals surface area contributed by atoms with Gasteiger partial charge in [-0.2, -0.15) is 0 Å². The molecule has 0 saturated carbocycles. The van der Waals surface area contributed by atoms with Crippen LogP contribution in [0.15, 0.2) is 42.2 Å². The van der Waals surface area contributed by atoms with Gasteiger partial charge in [0.2, 0.25) is 0 Å². The summed E-state index contributed by atoms with van der Waals surface area (Å²) in [5.74, 6) is 1.59. The zero-order chi connectivity index (χ0) is 31.8. The van der Waals surface area contributed by atoms with Gasteiger partial charge in [-0.25, -0.2) is 0 Å². The van der Waals surface area contributed by atoms with Crippen LogP contribution in [0.2, 0.25) is 0 Å². The molecule has 2 unspecified atom stereocenters. The number of ether oxygens (including phenoxy) is 3. The van der Waals surface area contributed by atoms with Crippen molar-refractivity contribution in [2.24, 2.45) is 0 Å². The van der Waals surface area contributed by atoms with E-state index in [0.717, 1.165) is 64.2 Å². The van der Waals surface area contributed by atoms with Gasteiger partial charge in [-0.3, -0.25) is 0 Å². The van der Waals surface area contributed by atoms with Crippen molar-refractivity contribution in [3.05, 3.63) is 53.3 Å². The van der Waals surface area contributed by atoms with E-state index < -0.39 is 0 Å². The van der Waals surface area contributed by atoms with Crippen molar-refractivity contribution in [2.45, 2.75) is 101 Å². The minimum Gasteiger partial charge on any atom is -0.490 e. The summed E-state index contributed by atoms with van der Waals surface area (Å²) in [5, 5.41) is 1.56. The van der Waals surface area contributed by atoms with Gasteiger partial charge >= 0.3 is 0 Å². The van der Waals surface area contributed by atoms with Crippen molar-refractivity contribution >= 4 is 112 Å². The minimum atomic E-state index is -0.280. The molecule has 10 heteroatoms. The molecule has 0 amide bonds. The molecule has 0 radical (unpaired) electrons. The molecular weight excluding hydrogens is 1000 g/mol. The zero-order valence-electron chi connectivity index (χ0n) is 25.4. The lowest BCUT2D eigenvalue weighted by atomic mass is 9.78. The molecular formula is C33H45Br7O3. The van der Waals surface area contributed by atoms with Crippen molar-refractivity contribution in [3.8, 4) is 11.5 Å². The maximum atomic E-state index is 6.27. The Hall–Kier alpha value is 1.36. The summed E-state index contributed by atoms with van der Waals surface area (Å²) < 4.78 is 22.1. The first kappa shape index (κ1) is 40.5. The largest absolute Gasteiger partial charge is 0.490 e. The Bertz CT molecular complexity index is 1050. The Labute approximate surface area is 319 Å². The fraction of sp³-hybridized carbons (Fsp3) is 0.636. The van der Waals surface area contributed by atoms with Gasteiger partial charge in [0.05, 0.1) is 22.7 Å². The maximum Gasteiger partial charge on any atom is 0.147 e. The molecule has 0 spiro atoms. The highest BCUT2D eigenvalue weighted by Gasteiger charge is 2.28. The molecule has 0 N–H and O–H groups in total. The minimum absolute atomic E-state index is 0.00161. The number of unbranched alkanes of at least 4 members (excludes halogenated alkanes) is 9. The normalized spacial score (nSPS) is 13.3. The fourth-order valence-corrected chi connectivity index (χ4v) is 8.18. The van der Waals surface area contributed by atoms with E-state index in [1.165, 1.54) is 57.8 Å². The molecule has 2 aromatic rings. The number of alkyl halides is 3. The van der Waals surface area contributed by atoms with Crippen molar-refractivity contribution in [3.63, 3.8) is 0 Å². The predicted molar refractivity (Wildman–Crippen MR) is 209 cm³/mol. The van der Waals surface area contributed by atoms with Gasteiger partial charge in [0.25, 0.3) is 0 Å². The molecule has 2 atom stereocenters. The van der Waals surface area contributed by atoms with Gasteiger partial charge < -0.3 is 14.2 Å². The summed E-state index contributed by atoms with van der Waals surface area (Å²) in [6, 6.07) is 8.56. The molecule has 0 fully saturated rings. The summed E-state index contributed by atoms with van der Waals surface area (Å²) in [6.45, 7) is 8.53. The number of hydrogen-bond acceptors (Lipinski definition) is 3. The fourth-order valence-electron chi connectivity index (χ4n) is 4.66. The third-order valence-electron chi connectivity index (χ3n) is 7.45. The van der Waals surface area contributed by atoms with Gasteiger partial charge in [-0.1, -0.05) is 126 Å². The molecule has 3 nitrogen and oxygen atoms in total. The van der Waals surface area contributed by atoms with Crippen LogP contribution in [0, 0.1) is 0 Å². The van der Waals surface area contributed by atoms with Gasteiger partial charge in [0.1, 0.15) is 30.8 Å². The third-order valence-corrected chi connectivity index (χ3v) is 12.8. The lowest BCUT2D eigenvalue weighted by Gasteiger charge is -2.28. The van der Waals surface area contributed by atoms with E-state index in [4.69, 9.17) is 14.2 Å². The van der Waals surface area contributed by atoms with Crippen LogP contribution in [0.25, 0.3) is 0 Å². The van der Waals surface area contributed by atoms with Crippen molar-refractivity contribution in [1.29, 1.82) is 0 Å². The lowest BCUT2D eigenvalue weighted by molar-refractivity contribution is 0.0335. The van der Waals surface area contributed by atoms with E-state index in [-0.39, 0.29) is 16.3 Å². The topological polar surface area (TPSA) is 27.7 Å². The molecule has 43 heavy (non-hydrogen) atoms. The molecule has 0 aromatic heterocycles. The maximum absolute atomic E-state index is 6.27. The molecule has 0 bridgehead atoms. The molecule has 244 valence electrons. The van der Waals surface area contributed by atoms with Crippen LogP contribution < -0.4 is 9.47 Å². The summed E-state index contributed by atoms with van der Waals surface area (Å²) in [7, 11) is 0. The van der Waals surface area contributed by atoms with Crippen LogP contribution in [-0.2, 0) is 10.2 Å². The van der Waals surface area contributed by atoms with Gasteiger partial charge in [-0.15, -0.1) is 0 Å². The quantitative estimate of drug-likeness (QED) is 0.0869. The molecule has 0 aliphatic heterocycles. The van der Waals surface area contributed by atoms with Crippen LogP contribution in [0.4, 0.5) is 0 Å². The number of benzene rings is 2. The van der Waals surface area contributed by atoms with E-state index in [1.807, 2.05) is 0 Å². The lowest BCUT2D eigenvalue weighted by Crippen LogP contribution is -2.24. The molecule has 2 rings (SSSR count). The van der Waals surface area contributed by atoms with Crippen LogP contribution in [0.5, 0.6) is 11.5 Å². The predicted octanol–water partition coefficient (Wildman–Crippen LogP) is 13.7. The van der Waals surface area contributed by atoms with E-state index in [1.54, 1.807) is 0 Å². The Balaban J connectivity index is 1.92. The molecule has 0 heterocycles. The first-order valence-corrected chi connectivity index (χ1v) is 21.5. The smallest absolute Gasteiger partial charge is 0.147 e. The zero-order valence-corrected chi connectivity index (χ0v) is 36.5. The van der Waals surface area contributed by atoms with E-state index in [2.05, 4.69) is 157 Å². The standard InChI is InChI=1S/C33H45Br7O3/c1-4-5-6-7-8-9-10-11-12-13-14-41-26(20-35)22-43-32-29(39)17-24(18-30(32)40)33(2,3)23-15-27(37)31(28(38)16-23)42-21-25(36)19-34/h15-18,25-26H,4-14,19-22H2,1-3H3. The SMILES string of the molecule is CCCCCCCCCCCCOC(CBr)COc1c(Br)cc(C(C)(C)c2cc(Br)c(OCC(Br)CBr)c(Br)c2)cc1Br. The number of hydrogen-bond donors (Lipinski definition) is 0.